The Kier molecular flexibility index (Phi) is 5.61. The van der Waals surface area contributed by atoms with Gasteiger partial charge in [0.25, 0.3) is 0 Å². The molecule has 1 aliphatic rings. The summed E-state index contributed by atoms with van der Waals surface area (Å²) in [5.41, 5.74) is 0.614. The zero-order valence-electron chi connectivity index (χ0n) is 13.8. The van der Waals surface area contributed by atoms with Crippen molar-refractivity contribution in [3.05, 3.63) is 30.3 Å². The lowest BCUT2D eigenvalue weighted by Gasteiger charge is -2.35. The summed E-state index contributed by atoms with van der Waals surface area (Å²) in [6.07, 6.45) is 1.47. The SMILES string of the molecule is CC(NC(=O)C1(S(C)(=O)=O)CCNCC1)C(=O)Nc1ccccc1. The van der Waals surface area contributed by atoms with Crippen LogP contribution in [0.4, 0.5) is 5.69 Å². The summed E-state index contributed by atoms with van der Waals surface area (Å²) >= 11 is 0. The molecule has 1 aromatic carbocycles. The van der Waals surface area contributed by atoms with Crippen LogP contribution in [0, 0.1) is 0 Å². The first-order valence-corrected chi connectivity index (χ1v) is 9.72. The second-order valence-electron chi connectivity index (χ2n) is 6.07. The summed E-state index contributed by atoms with van der Waals surface area (Å²) in [4.78, 5) is 24.8. The highest BCUT2D eigenvalue weighted by atomic mass is 32.2. The topological polar surface area (TPSA) is 104 Å². The number of piperidine rings is 1. The third-order valence-electron chi connectivity index (χ3n) is 4.32. The van der Waals surface area contributed by atoms with Crippen molar-refractivity contribution in [1.82, 2.24) is 10.6 Å². The van der Waals surface area contributed by atoms with Crippen LogP contribution in [0.5, 0.6) is 0 Å². The van der Waals surface area contributed by atoms with Crippen LogP contribution in [0.1, 0.15) is 19.8 Å². The second kappa shape index (κ2) is 7.31. The van der Waals surface area contributed by atoms with E-state index in [4.69, 9.17) is 0 Å². The molecule has 0 saturated carbocycles. The van der Waals surface area contributed by atoms with Crippen molar-refractivity contribution >= 4 is 27.3 Å². The Morgan fingerprint density at radius 2 is 1.75 bits per heavy atom. The fraction of sp³-hybridized carbons (Fsp3) is 0.500. The van der Waals surface area contributed by atoms with Gasteiger partial charge in [0.1, 0.15) is 6.04 Å². The average Bonchev–Trinajstić information content (AvgIpc) is 2.55. The van der Waals surface area contributed by atoms with E-state index in [0.717, 1.165) is 6.26 Å². The van der Waals surface area contributed by atoms with Gasteiger partial charge in [0.2, 0.25) is 11.8 Å². The number of para-hydroxylation sites is 1. The van der Waals surface area contributed by atoms with Crippen molar-refractivity contribution in [2.24, 2.45) is 0 Å². The van der Waals surface area contributed by atoms with Crippen LogP contribution in [-0.4, -0.2) is 50.4 Å². The van der Waals surface area contributed by atoms with Gasteiger partial charge in [-0.1, -0.05) is 18.2 Å². The lowest BCUT2D eigenvalue weighted by Crippen LogP contribution is -2.59. The predicted molar refractivity (Wildman–Crippen MR) is 92.4 cm³/mol. The number of carbonyl (C=O) groups is 2. The minimum absolute atomic E-state index is 0.199. The Balaban J connectivity index is 2.07. The van der Waals surface area contributed by atoms with Gasteiger partial charge in [-0.05, 0) is 45.0 Å². The second-order valence-corrected chi connectivity index (χ2v) is 8.39. The Bertz CT molecular complexity index is 697. The minimum Gasteiger partial charge on any atom is -0.343 e. The molecule has 7 nitrogen and oxygen atoms in total. The van der Waals surface area contributed by atoms with E-state index >= 15 is 0 Å². The van der Waals surface area contributed by atoms with E-state index in [1.54, 1.807) is 24.3 Å². The molecule has 1 fully saturated rings. The summed E-state index contributed by atoms with van der Waals surface area (Å²) in [6, 6.07) is 8.02. The smallest absolute Gasteiger partial charge is 0.246 e. The van der Waals surface area contributed by atoms with Crippen LogP contribution in [0.2, 0.25) is 0 Å². The summed E-state index contributed by atoms with van der Waals surface area (Å²) in [7, 11) is -3.60. The number of anilines is 1. The predicted octanol–water partition coefficient (Wildman–Crippen LogP) is 0.297. The molecule has 0 bridgehead atoms. The molecule has 1 aliphatic heterocycles. The van der Waals surface area contributed by atoms with Gasteiger partial charge in [-0.2, -0.15) is 0 Å². The Morgan fingerprint density at radius 3 is 2.29 bits per heavy atom. The molecule has 0 radical (unpaired) electrons. The maximum absolute atomic E-state index is 12.6. The zero-order valence-corrected chi connectivity index (χ0v) is 14.7. The maximum Gasteiger partial charge on any atom is 0.246 e. The van der Waals surface area contributed by atoms with Crippen LogP contribution in [-0.2, 0) is 19.4 Å². The van der Waals surface area contributed by atoms with Crippen LogP contribution in [0.15, 0.2) is 30.3 Å². The Labute approximate surface area is 142 Å². The molecule has 1 heterocycles. The summed E-state index contributed by atoms with van der Waals surface area (Å²) in [5, 5.41) is 8.30. The number of nitrogens with one attached hydrogen (secondary N) is 3. The van der Waals surface area contributed by atoms with E-state index < -0.39 is 32.4 Å². The fourth-order valence-corrected chi connectivity index (χ4v) is 4.10. The molecular weight excluding hydrogens is 330 g/mol. The fourth-order valence-electron chi connectivity index (χ4n) is 2.76. The number of hydrogen-bond donors (Lipinski definition) is 3. The van der Waals surface area contributed by atoms with Crippen molar-refractivity contribution in [3.8, 4) is 0 Å². The van der Waals surface area contributed by atoms with Crippen molar-refractivity contribution in [2.45, 2.75) is 30.6 Å². The molecule has 24 heavy (non-hydrogen) atoms. The van der Waals surface area contributed by atoms with Crippen LogP contribution in [0.3, 0.4) is 0 Å². The lowest BCUT2D eigenvalue weighted by molar-refractivity contribution is -0.128. The minimum atomic E-state index is -3.60. The van der Waals surface area contributed by atoms with Crippen molar-refractivity contribution in [3.63, 3.8) is 0 Å². The van der Waals surface area contributed by atoms with Crippen LogP contribution >= 0.6 is 0 Å². The number of carbonyl (C=O) groups excluding carboxylic acids is 2. The van der Waals surface area contributed by atoms with Crippen LogP contribution in [0.25, 0.3) is 0 Å². The molecule has 1 saturated heterocycles. The largest absolute Gasteiger partial charge is 0.343 e. The molecule has 1 aromatic rings. The van der Waals surface area contributed by atoms with E-state index in [-0.39, 0.29) is 12.8 Å². The average molecular weight is 353 g/mol. The maximum atomic E-state index is 12.6. The Morgan fingerprint density at radius 1 is 1.17 bits per heavy atom. The third kappa shape index (κ3) is 3.93. The van der Waals surface area contributed by atoms with Gasteiger partial charge in [-0.3, -0.25) is 9.59 Å². The van der Waals surface area contributed by atoms with Gasteiger partial charge in [-0.25, -0.2) is 8.42 Å². The molecule has 0 aromatic heterocycles. The van der Waals surface area contributed by atoms with Crippen molar-refractivity contribution in [1.29, 1.82) is 0 Å². The third-order valence-corrected chi connectivity index (χ3v) is 6.33. The molecule has 1 atom stereocenters. The number of sulfone groups is 1. The molecule has 132 valence electrons. The lowest BCUT2D eigenvalue weighted by atomic mass is 9.95. The van der Waals surface area contributed by atoms with Gasteiger partial charge in [-0.15, -0.1) is 0 Å². The van der Waals surface area contributed by atoms with Crippen molar-refractivity contribution < 1.29 is 18.0 Å². The monoisotopic (exact) mass is 353 g/mol. The normalized spacial score (nSPS) is 18.4. The first-order valence-electron chi connectivity index (χ1n) is 7.83. The molecule has 0 spiro atoms. The number of hydrogen-bond acceptors (Lipinski definition) is 5. The first kappa shape index (κ1) is 18.4. The summed E-state index contributed by atoms with van der Waals surface area (Å²) in [5.74, 6) is -1.01. The molecule has 1 unspecified atom stereocenters. The first-order chi connectivity index (χ1) is 11.3. The van der Waals surface area contributed by atoms with Gasteiger partial charge in [0.15, 0.2) is 14.6 Å². The van der Waals surface area contributed by atoms with E-state index in [9.17, 15) is 18.0 Å². The standard InChI is InChI=1S/C16H23N3O4S/c1-12(14(20)19-13-6-4-3-5-7-13)18-15(21)16(24(2,22)23)8-10-17-11-9-16/h3-7,12,17H,8-11H2,1-2H3,(H,18,21)(H,19,20). The van der Waals surface area contributed by atoms with E-state index in [1.165, 1.54) is 6.92 Å². The molecule has 0 aliphatic carbocycles. The molecule has 2 rings (SSSR count). The number of amides is 2. The summed E-state index contributed by atoms with van der Waals surface area (Å²) in [6.45, 7) is 2.43. The van der Waals surface area contributed by atoms with Crippen molar-refractivity contribution in [2.75, 3.05) is 24.7 Å². The highest BCUT2D eigenvalue weighted by Crippen LogP contribution is 2.28. The Hall–Kier alpha value is -1.93. The highest BCUT2D eigenvalue weighted by Gasteiger charge is 2.49. The number of benzene rings is 1. The summed E-state index contributed by atoms with van der Waals surface area (Å²) < 4.78 is 22.9. The molecule has 8 heteroatoms. The zero-order chi connectivity index (χ0) is 17.8. The molecule has 2 amide bonds. The van der Waals surface area contributed by atoms with E-state index in [2.05, 4.69) is 16.0 Å². The highest BCUT2D eigenvalue weighted by molar-refractivity contribution is 7.92. The quantitative estimate of drug-likeness (QED) is 0.706. The van der Waals surface area contributed by atoms with Gasteiger partial charge >= 0.3 is 0 Å². The van der Waals surface area contributed by atoms with Crippen LogP contribution < -0.4 is 16.0 Å². The number of rotatable bonds is 5. The van der Waals surface area contributed by atoms with Gasteiger partial charge in [0, 0.05) is 11.9 Å². The molecule has 3 N–H and O–H groups in total. The van der Waals surface area contributed by atoms with E-state index in [1.807, 2.05) is 6.07 Å². The van der Waals surface area contributed by atoms with E-state index in [0.29, 0.717) is 18.8 Å². The van der Waals surface area contributed by atoms with Gasteiger partial charge < -0.3 is 16.0 Å². The van der Waals surface area contributed by atoms with Gasteiger partial charge in [0.05, 0.1) is 0 Å². The molecular formula is C16H23N3O4S.